The first-order valence-corrected chi connectivity index (χ1v) is 6.34. The summed E-state index contributed by atoms with van der Waals surface area (Å²) in [5.74, 6) is -3.38. The lowest BCUT2D eigenvalue weighted by Crippen LogP contribution is -2.39. The van der Waals surface area contributed by atoms with Crippen LogP contribution in [0.1, 0.15) is 18.4 Å². The summed E-state index contributed by atoms with van der Waals surface area (Å²) < 4.78 is 29.1. The fourth-order valence-electron chi connectivity index (χ4n) is 2.73. The number of nitrogens with one attached hydrogen (secondary N) is 2. The summed E-state index contributed by atoms with van der Waals surface area (Å²) in [5.41, 5.74) is 0.905. The van der Waals surface area contributed by atoms with Crippen LogP contribution in [0, 0.1) is 5.92 Å². The van der Waals surface area contributed by atoms with Gasteiger partial charge in [0.15, 0.2) is 0 Å². The average molecular weight is 250 g/mol. The normalized spacial score (nSPS) is 21.3. The molecule has 1 atom stereocenters. The predicted octanol–water partition coefficient (Wildman–Crippen LogP) is 3.26. The van der Waals surface area contributed by atoms with Crippen molar-refractivity contribution in [3.63, 3.8) is 0 Å². The Bertz CT molecular complexity index is 541. The molecule has 2 aromatic rings. The molecule has 2 heterocycles. The molecule has 0 bridgehead atoms. The smallest absolute Gasteiger partial charge is 0.279 e. The molecule has 0 saturated carbocycles. The molecule has 0 aliphatic carbocycles. The third-order valence-corrected chi connectivity index (χ3v) is 3.76. The van der Waals surface area contributed by atoms with Crippen LogP contribution in [0.3, 0.4) is 0 Å². The van der Waals surface area contributed by atoms with Crippen LogP contribution < -0.4 is 5.32 Å². The average Bonchev–Trinajstić information content (AvgIpc) is 2.84. The third kappa shape index (κ3) is 1.81. The highest BCUT2D eigenvalue weighted by Gasteiger charge is 2.43. The molecule has 2 N–H and O–H groups in total. The summed E-state index contributed by atoms with van der Waals surface area (Å²) in [6.07, 6.45) is 2.86. The van der Waals surface area contributed by atoms with Gasteiger partial charge in [-0.3, -0.25) is 0 Å². The van der Waals surface area contributed by atoms with E-state index >= 15 is 0 Å². The molecule has 1 fully saturated rings. The van der Waals surface area contributed by atoms with Crippen molar-refractivity contribution in [2.45, 2.75) is 18.8 Å². The number of rotatable bonds is 2. The van der Waals surface area contributed by atoms with Crippen molar-refractivity contribution in [2.75, 3.05) is 13.1 Å². The number of halogens is 2. The Morgan fingerprint density at radius 1 is 1.22 bits per heavy atom. The second-order valence-electron chi connectivity index (χ2n) is 4.91. The van der Waals surface area contributed by atoms with Crippen LogP contribution in [0.2, 0.25) is 0 Å². The molecule has 2 nitrogen and oxygen atoms in total. The lowest BCUT2D eigenvalue weighted by molar-refractivity contribution is -0.0711. The molecule has 1 aliphatic heterocycles. The van der Waals surface area contributed by atoms with Crippen LogP contribution in [-0.4, -0.2) is 18.1 Å². The van der Waals surface area contributed by atoms with E-state index in [-0.39, 0.29) is 5.56 Å². The van der Waals surface area contributed by atoms with Gasteiger partial charge < -0.3 is 10.3 Å². The van der Waals surface area contributed by atoms with Crippen LogP contribution >= 0.6 is 0 Å². The number of hydrogen-bond donors (Lipinski definition) is 2. The number of hydrogen-bond acceptors (Lipinski definition) is 1. The molecule has 0 spiro atoms. The number of aromatic nitrogens is 1. The Balaban J connectivity index is 2.01. The maximum absolute atomic E-state index is 14.5. The zero-order valence-electron chi connectivity index (χ0n) is 10.0. The topological polar surface area (TPSA) is 27.8 Å². The van der Waals surface area contributed by atoms with Gasteiger partial charge in [-0.1, -0.05) is 18.2 Å². The van der Waals surface area contributed by atoms with Crippen molar-refractivity contribution in [3.8, 4) is 0 Å². The van der Waals surface area contributed by atoms with Gasteiger partial charge in [0.2, 0.25) is 0 Å². The van der Waals surface area contributed by atoms with E-state index in [4.69, 9.17) is 0 Å². The Kier molecular flexibility index (Phi) is 2.82. The number of aromatic amines is 1. The number of benzene rings is 1. The molecule has 4 heteroatoms. The van der Waals surface area contributed by atoms with E-state index in [9.17, 15) is 8.78 Å². The van der Waals surface area contributed by atoms with Crippen molar-refractivity contribution in [1.29, 1.82) is 0 Å². The van der Waals surface area contributed by atoms with E-state index in [0.717, 1.165) is 18.5 Å². The van der Waals surface area contributed by atoms with Crippen LogP contribution in [0.5, 0.6) is 0 Å². The summed E-state index contributed by atoms with van der Waals surface area (Å²) in [6, 6.07) is 7.23. The molecule has 1 aromatic carbocycles. The Morgan fingerprint density at radius 3 is 2.83 bits per heavy atom. The minimum Gasteiger partial charge on any atom is -0.361 e. The maximum atomic E-state index is 14.5. The van der Waals surface area contributed by atoms with Gasteiger partial charge >= 0.3 is 0 Å². The molecule has 1 unspecified atom stereocenters. The highest BCUT2D eigenvalue weighted by molar-refractivity contribution is 5.83. The molecule has 96 valence electrons. The van der Waals surface area contributed by atoms with Crippen LogP contribution in [0.4, 0.5) is 8.78 Å². The van der Waals surface area contributed by atoms with Gasteiger partial charge in [-0.25, -0.2) is 8.78 Å². The Hall–Kier alpha value is -1.42. The standard InChI is InChI=1S/C14H16F2N2/c15-14(16,10-4-3-7-17-8-10)12-9-18-13-6-2-1-5-11(12)13/h1-2,5-6,9-10,17-18H,3-4,7-8H2. The van der Waals surface area contributed by atoms with Crippen molar-refractivity contribution >= 4 is 10.9 Å². The molecule has 1 saturated heterocycles. The van der Waals surface area contributed by atoms with E-state index < -0.39 is 11.8 Å². The second kappa shape index (κ2) is 4.35. The molecule has 1 aliphatic rings. The fraction of sp³-hybridized carbons (Fsp3) is 0.429. The lowest BCUT2D eigenvalue weighted by atomic mass is 9.88. The van der Waals surface area contributed by atoms with Gasteiger partial charge in [-0.2, -0.15) is 0 Å². The van der Waals surface area contributed by atoms with Crippen LogP contribution in [0.25, 0.3) is 10.9 Å². The first-order valence-electron chi connectivity index (χ1n) is 6.34. The summed E-state index contributed by atoms with van der Waals surface area (Å²) in [7, 11) is 0. The van der Waals surface area contributed by atoms with Crippen molar-refractivity contribution < 1.29 is 8.78 Å². The Labute approximate surface area is 104 Å². The Morgan fingerprint density at radius 2 is 2.06 bits per heavy atom. The van der Waals surface area contributed by atoms with E-state index in [1.165, 1.54) is 6.20 Å². The zero-order valence-corrected chi connectivity index (χ0v) is 10.0. The highest BCUT2D eigenvalue weighted by atomic mass is 19.3. The monoisotopic (exact) mass is 250 g/mol. The van der Waals surface area contributed by atoms with Gasteiger partial charge in [0.1, 0.15) is 0 Å². The maximum Gasteiger partial charge on any atom is 0.279 e. The number of alkyl halides is 2. The van der Waals surface area contributed by atoms with Gasteiger partial charge in [0, 0.05) is 35.1 Å². The summed E-state index contributed by atoms with van der Waals surface area (Å²) in [6.45, 7) is 1.24. The largest absolute Gasteiger partial charge is 0.361 e. The summed E-state index contributed by atoms with van der Waals surface area (Å²) >= 11 is 0. The molecule has 18 heavy (non-hydrogen) atoms. The minimum absolute atomic E-state index is 0.131. The molecular weight excluding hydrogens is 234 g/mol. The SMILES string of the molecule is FC(F)(c1c[nH]c2ccccc12)C1CCCNC1. The lowest BCUT2D eigenvalue weighted by Gasteiger charge is -2.30. The van der Waals surface area contributed by atoms with Crippen molar-refractivity contribution in [1.82, 2.24) is 10.3 Å². The fourth-order valence-corrected chi connectivity index (χ4v) is 2.73. The van der Waals surface area contributed by atoms with Gasteiger partial charge in [-0.15, -0.1) is 0 Å². The molecule has 0 radical (unpaired) electrons. The third-order valence-electron chi connectivity index (χ3n) is 3.76. The van der Waals surface area contributed by atoms with Gasteiger partial charge in [0.25, 0.3) is 5.92 Å². The van der Waals surface area contributed by atoms with Crippen LogP contribution in [-0.2, 0) is 5.92 Å². The molecule has 0 amide bonds. The van der Waals surface area contributed by atoms with Crippen molar-refractivity contribution in [2.24, 2.45) is 5.92 Å². The van der Waals surface area contributed by atoms with E-state index in [0.29, 0.717) is 18.4 Å². The first kappa shape index (κ1) is 11.7. The first-order chi connectivity index (χ1) is 8.69. The van der Waals surface area contributed by atoms with E-state index in [2.05, 4.69) is 10.3 Å². The quantitative estimate of drug-likeness (QED) is 0.841. The number of H-pyrrole nitrogens is 1. The van der Waals surface area contributed by atoms with E-state index in [1.807, 2.05) is 12.1 Å². The number of para-hydroxylation sites is 1. The van der Waals surface area contributed by atoms with E-state index in [1.54, 1.807) is 12.1 Å². The number of piperidine rings is 1. The highest BCUT2D eigenvalue weighted by Crippen LogP contribution is 2.42. The van der Waals surface area contributed by atoms with Gasteiger partial charge in [-0.05, 0) is 25.5 Å². The minimum atomic E-state index is -2.77. The predicted molar refractivity (Wildman–Crippen MR) is 67.8 cm³/mol. The second-order valence-corrected chi connectivity index (χ2v) is 4.91. The molecular formula is C14H16F2N2. The van der Waals surface area contributed by atoms with Gasteiger partial charge in [0.05, 0.1) is 0 Å². The summed E-state index contributed by atoms with van der Waals surface area (Å²) in [5, 5.41) is 3.69. The number of fused-ring (bicyclic) bond motifs is 1. The van der Waals surface area contributed by atoms with Crippen LogP contribution in [0.15, 0.2) is 30.5 Å². The molecule has 3 rings (SSSR count). The van der Waals surface area contributed by atoms with Crippen molar-refractivity contribution in [3.05, 3.63) is 36.0 Å². The summed E-state index contributed by atoms with van der Waals surface area (Å²) in [4.78, 5) is 2.93. The zero-order chi connectivity index (χ0) is 12.6. The molecule has 1 aromatic heterocycles.